The van der Waals surface area contributed by atoms with Crippen molar-refractivity contribution in [2.75, 3.05) is 31.6 Å². The number of carbonyl (C=O) groups is 2. The van der Waals surface area contributed by atoms with Crippen molar-refractivity contribution in [1.82, 2.24) is 4.90 Å². The second kappa shape index (κ2) is 7.04. The number of anilines is 1. The molecule has 0 aromatic heterocycles. The maximum Gasteiger partial charge on any atom is 0.248 e. The molecule has 2 rings (SSSR count). The molecule has 21 heavy (non-hydrogen) atoms. The quantitative estimate of drug-likeness (QED) is 0.861. The molecule has 1 aromatic carbocycles. The van der Waals surface area contributed by atoms with Crippen LogP contribution < -0.4 is 5.32 Å². The van der Waals surface area contributed by atoms with Crippen molar-refractivity contribution < 1.29 is 14.3 Å². The lowest BCUT2D eigenvalue weighted by Gasteiger charge is -2.25. The summed E-state index contributed by atoms with van der Waals surface area (Å²) in [5.41, 5.74) is 2.90. The molecule has 1 aliphatic heterocycles. The number of hydrogen-bond donors (Lipinski definition) is 1. The number of carbonyl (C=O) groups excluding carboxylic acids is 2. The van der Waals surface area contributed by atoms with E-state index < -0.39 is 0 Å². The highest BCUT2D eigenvalue weighted by Crippen LogP contribution is 2.13. The van der Waals surface area contributed by atoms with E-state index in [1.165, 1.54) is 12.2 Å². The van der Waals surface area contributed by atoms with Gasteiger partial charge in [-0.1, -0.05) is 6.07 Å². The fourth-order valence-corrected chi connectivity index (χ4v) is 2.27. The normalized spacial score (nSPS) is 15.2. The van der Waals surface area contributed by atoms with Gasteiger partial charge in [-0.25, -0.2) is 0 Å². The van der Waals surface area contributed by atoms with Gasteiger partial charge in [0.25, 0.3) is 0 Å². The molecule has 0 bridgehead atoms. The van der Waals surface area contributed by atoms with Crippen LogP contribution in [0.3, 0.4) is 0 Å². The molecule has 0 saturated carbocycles. The Labute approximate surface area is 124 Å². The second-order valence-corrected chi connectivity index (χ2v) is 5.14. The summed E-state index contributed by atoms with van der Waals surface area (Å²) in [6, 6.07) is 5.82. The smallest absolute Gasteiger partial charge is 0.248 e. The van der Waals surface area contributed by atoms with E-state index >= 15 is 0 Å². The van der Waals surface area contributed by atoms with Gasteiger partial charge in [0.05, 0.1) is 13.2 Å². The minimum absolute atomic E-state index is 0.158. The number of hydrogen-bond acceptors (Lipinski definition) is 3. The molecule has 2 amide bonds. The predicted octanol–water partition coefficient (Wildman–Crippen LogP) is 1.66. The number of morpholine rings is 1. The van der Waals surface area contributed by atoms with Gasteiger partial charge in [0, 0.05) is 30.9 Å². The van der Waals surface area contributed by atoms with E-state index in [9.17, 15) is 9.59 Å². The van der Waals surface area contributed by atoms with Crippen LogP contribution >= 0.6 is 0 Å². The molecule has 0 atom stereocenters. The van der Waals surface area contributed by atoms with Crippen LogP contribution in [0.2, 0.25) is 0 Å². The van der Waals surface area contributed by atoms with Crippen LogP contribution in [0.5, 0.6) is 0 Å². The van der Waals surface area contributed by atoms with Crippen LogP contribution in [-0.2, 0) is 14.3 Å². The standard InChI is InChI=1S/C16H20N2O3/c1-12-9-13(2)11-14(10-12)17-15(19)3-4-16(20)18-5-7-21-8-6-18/h3-4,9-11H,5-8H2,1-2H3,(H,17,19)/b4-3+. The van der Waals surface area contributed by atoms with Crippen molar-refractivity contribution in [2.45, 2.75) is 13.8 Å². The number of nitrogens with one attached hydrogen (secondary N) is 1. The first-order chi connectivity index (χ1) is 10.0. The van der Waals surface area contributed by atoms with Crippen LogP contribution in [0.1, 0.15) is 11.1 Å². The minimum atomic E-state index is -0.304. The highest BCUT2D eigenvalue weighted by atomic mass is 16.5. The molecule has 0 aliphatic carbocycles. The van der Waals surface area contributed by atoms with Crippen LogP contribution in [0.15, 0.2) is 30.4 Å². The Balaban J connectivity index is 1.91. The van der Waals surface area contributed by atoms with Crippen molar-refractivity contribution in [1.29, 1.82) is 0 Å². The summed E-state index contributed by atoms with van der Waals surface area (Å²) in [7, 11) is 0. The van der Waals surface area contributed by atoms with Crippen molar-refractivity contribution in [3.63, 3.8) is 0 Å². The van der Waals surface area contributed by atoms with E-state index in [0.717, 1.165) is 16.8 Å². The number of amides is 2. The van der Waals surface area contributed by atoms with Gasteiger partial charge in [-0.3, -0.25) is 9.59 Å². The third kappa shape index (κ3) is 4.72. The average Bonchev–Trinajstić information content (AvgIpc) is 2.44. The Hall–Kier alpha value is -2.14. The average molecular weight is 288 g/mol. The lowest BCUT2D eigenvalue weighted by atomic mass is 10.1. The summed E-state index contributed by atoms with van der Waals surface area (Å²) >= 11 is 0. The van der Waals surface area contributed by atoms with Gasteiger partial charge in [0.2, 0.25) is 11.8 Å². The van der Waals surface area contributed by atoms with Gasteiger partial charge >= 0.3 is 0 Å². The Bertz CT molecular complexity index is 540. The zero-order valence-electron chi connectivity index (χ0n) is 12.4. The zero-order valence-corrected chi connectivity index (χ0v) is 12.4. The molecule has 112 valence electrons. The molecule has 0 unspecified atom stereocenters. The summed E-state index contributed by atoms with van der Waals surface area (Å²) in [5, 5.41) is 2.76. The summed E-state index contributed by atoms with van der Waals surface area (Å²) in [5.74, 6) is -0.463. The van der Waals surface area contributed by atoms with Gasteiger partial charge in [-0.2, -0.15) is 0 Å². The summed E-state index contributed by atoms with van der Waals surface area (Å²) in [6.45, 7) is 6.19. The highest BCUT2D eigenvalue weighted by Gasteiger charge is 2.14. The highest BCUT2D eigenvalue weighted by molar-refractivity contribution is 6.03. The van der Waals surface area contributed by atoms with Crippen molar-refractivity contribution in [3.05, 3.63) is 41.5 Å². The van der Waals surface area contributed by atoms with Crippen LogP contribution in [0, 0.1) is 13.8 Å². The largest absolute Gasteiger partial charge is 0.378 e. The van der Waals surface area contributed by atoms with Gasteiger partial charge in [-0.05, 0) is 37.1 Å². The fourth-order valence-electron chi connectivity index (χ4n) is 2.27. The summed E-state index contributed by atoms with van der Waals surface area (Å²) in [4.78, 5) is 25.4. The Morgan fingerprint density at radius 1 is 1.10 bits per heavy atom. The van der Waals surface area contributed by atoms with Gasteiger partial charge < -0.3 is 15.0 Å². The first kappa shape index (κ1) is 15.3. The molecule has 1 saturated heterocycles. The maximum atomic E-state index is 11.9. The van der Waals surface area contributed by atoms with Crippen LogP contribution in [0.25, 0.3) is 0 Å². The number of aryl methyl sites for hydroxylation is 2. The summed E-state index contributed by atoms with van der Waals surface area (Å²) < 4.78 is 5.18. The molecular formula is C16H20N2O3. The number of ether oxygens (including phenoxy) is 1. The third-order valence-corrected chi connectivity index (χ3v) is 3.19. The molecule has 5 heteroatoms. The van der Waals surface area contributed by atoms with E-state index in [2.05, 4.69) is 5.32 Å². The van der Waals surface area contributed by atoms with Crippen LogP contribution in [0.4, 0.5) is 5.69 Å². The van der Waals surface area contributed by atoms with Gasteiger partial charge in [-0.15, -0.1) is 0 Å². The van der Waals surface area contributed by atoms with E-state index in [1.54, 1.807) is 4.90 Å². The molecule has 1 aromatic rings. The van der Waals surface area contributed by atoms with Gasteiger partial charge in [0.15, 0.2) is 0 Å². The van der Waals surface area contributed by atoms with Crippen molar-refractivity contribution >= 4 is 17.5 Å². The SMILES string of the molecule is Cc1cc(C)cc(NC(=O)/C=C/C(=O)N2CCOCC2)c1. The monoisotopic (exact) mass is 288 g/mol. The lowest BCUT2D eigenvalue weighted by molar-refractivity contribution is -0.130. The second-order valence-electron chi connectivity index (χ2n) is 5.14. The van der Waals surface area contributed by atoms with E-state index in [4.69, 9.17) is 4.74 Å². The molecule has 1 heterocycles. The lowest BCUT2D eigenvalue weighted by Crippen LogP contribution is -2.39. The number of rotatable bonds is 3. The Morgan fingerprint density at radius 3 is 2.33 bits per heavy atom. The predicted molar refractivity (Wildman–Crippen MR) is 81.1 cm³/mol. The van der Waals surface area contributed by atoms with Crippen molar-refractivity contribution in [2.24, 2.45) is 0 Å². The zero-order chi connectivity index (χ0) is 15.2. The fraction of sp³-hybridized carbons (Fsp3) is 0.375. The number of nitrogens with zero attached hydrogens (tertiary/aromatic N) is 1. The Kier molecular flexibility index (Phi) is 5.11. The summed E-state index contributed by atoms with van der Waals surface area (Å²) in [6.07, 6.45) is 2.58. The molecule has 0 spiro atoms. The van der Waals surface area contributed by atoms with Gasteiger partial charge in [0.1, 0.15) is 0 Å². The molecule has 1 N–H and O–H groups in total. The first-order valence-electron chi connectivity index (χ1n) is 6.98. The number of benzene rings is 1. The Morgan fingerprint density at radius 2 is 1.71 bits per heavy atom. The third-order valence-electron chi connectivity index (χ3n) is 3.19. The minimum Gasteiger partial charge on any atom is -0.378 e. The van der Waals surface area contributed by atoms with Crippen molar-refractivity contribution in [3.8, 4) is 0 Å². The molecular weight excluding hydrogens is 268 g/mol. The first-order valence-corrected chi connectivity index (χ1v) is 6.98. The maximum absolute atomic E-state index is 11.9. The molecule has 5 nitrogen and oxygen atoms in total. The van der Waals surface area contributed by atoms with E-state index in [0.29, 0.717) is 26.3 Å². The molecule has 1 aliphatic rings. The van der Waals surface area contributed by atoms with E-state index in [1.807, 2.05) is 32.0 Å². The topological polar surface area (TPSA) is 58.6 Å². The van der Waals surface area contributed by atoms with E-state index in [-0.39, 0.29) is 11.8 Å². The molecule has 0 radical (unpaired) electrons. The molecule has 1 fully saturated rings. The van der Waals surface area contributed by atoms with Crippen LogP contribution in [-0.4, -0.2) is 43.0 Å².